The van der Waals surface area contributed by atoms with Crippen molar-refractivity contribution in [3.05, 3.63) is 68.0 Å². The lowest BCUT2D eigenvalue weighted by Gasteiger charge is -2.27. The van der Waals surface area contributed by atoms with Gasteiger partial charge < -0.3 is 19.7 Å². The van der Waals surface area contributed by atoms with Gasteiger partial charge in [-0.15, -0.1) is 16.7 Å². The molecule has 2 aromatic carbocycles. The van der Waals surface area contributed by atoms with Crippen LogP contribution in [0.25, 0.3) is 0 Å². The van der Waals surface area contributed by atoms with Crippen LogP contribution in [0, 0.1) is 9.62 Å². The SMILES string of the molecule is C[C@H](CCl)COc1ccc(C(C)(C)c2ccc(OC[C@H](O)Cn3nnc([123I])c3CO)cc2)cc1Cl. The number of alkyl halides is 1. The Hall–Kier alpha value is -1.59. The van der Waals surface area contributed by atoms with E-state index in [9.17, 15) is 10.2 Å². The molecule has 0 bridgehead atoms. The largest absolute Gasteiger partial charge is 0.492 e. The molecule has 0 aliphatic rings. The fraction of sp³-hybridized carbons (Fsp3) is 0.440. The van der Waals surface area contributed by atoms with Gasteiger partial charge in [-0.25, -0.2) is 4.68 Å². The van der Waals surface area contributed by atoms with E-state index < -0.39 is 6.10 Å². The fourth-order valence-corrected chi connectivity index (χ4v) is 4.34. The summed E-state index contributed by atoms with van der Waals surface area (Å²) in [6.45, 7) is 6.88. The topological polar surface area (TPSA) is 89.6 Å². The van der Waals surface area contributed by atoms with Crippen LogP contribution >= 0.6 is 45.8 Å². The Morgan fingerprint density at radius 2 is 1.77 bits per heavy atom. The first-order chi connectivity index (χ1) is 16.6. The molecule has 35 heavy (non-hydrogen) atoms. The first-order valence-electron chi connectivity index (χ1n) is 11.2. The van der Waals surface area contributed by atoms with Gasteiger partial charge in [-0.1, -0.05) is 55.8 Å². The van der Waals surface area contributed by atoms with Gasteiger partial charge in [-0.05, 0) is 58.0 Å². The summed E-state index contributed by atoms with van der Waals surface area (Å²) in [6.07, 6.45) is -0.802. The Kier molecular flexibility index (Phi) is 10.1. The summed E-state index contributed by atoms with van der Waals surface area (Å²) in [6, 6.07) is 13.6. The predicted octanol–water partition coefficient (Wildman–Crippen LogP) is 5.05. The molecule has 1 aromatic heterocycles. The van der Waals surface area contributed by atoms with E-state index in [0.717, 1.165) is 11.1 Å². The zero-order valence-corrected chi connectivity index (χ0v) is 23.6. The number of ether oxygens (including phenoxy) is 2. The van der Waals surface area contributed by atoms with Gasteiger partial charge in [0.15, 0.2) is 0 Å². The van der Waals surface area contributed by atoms with Crippen LogP contribution in [0.2, 0.25) is 5.02 Å². The molecule has 3 aromatic rings. The van der Waals surface area contributed by atoms with Crippen LogP contribution in [-0.4, -0.2) is 50.4 Å². The monoisotopic (exact) mass is 629 g/mol. The maximum Gasteiger partial charge on any atom is 0.149 e. The molecule has 0 saturated carbocycles. The van der Waals surface area contributed by atoms with Crippen molar-refractivity contribution in [1.82, 2.24) is 15.0 Å². The molecule has 3 rings (SSSR count). The highest BCUT2D eigenvalue weighted by atomic mass is 123. The smallest absolute Gasteiger partial charge is 0.149 e. The third-order valence-corrected chi connectivity index (χ3v) is 7.44. The number of hydrogen-bond donors (Lipinski definition) is 2. The first-order valence-corrected chi connectivity index (χ1v) is 13.2. The van der Waals surface area contributed by atoms with Gasteiger partial charge in [0.1, 0.15) is 27.9 Å². The Morgan fingerprint density at radius 1 is 1.09 bits per heavy atom. The molecule has 0 unspecified atom stereocenters. The maximum atomic E-state index is 10.3. The van der Waals surface area contributed by atoms with Gasteiger partial charge in [0.05, 0.1) is 30.5 Å². The van der Waals surface area contributed by atoms with Gasteiger partial charge >= 0.3 is 0 Å². The number of aliphatic hydroxyl groups excluding tert-OH is 2. The summed E-state index contributed by atoms with van der Waals surface area (Å²) in [5.41, 5.74) is 2.43. The molecule has 0 spiro atoms. The Balaban J connectivity index is 1.61. The van der Waals surface area contributed by atoms with E-state index in [-0.39, 0.29) is 31.1 Å². The van der Waals surface area contributed by atoms with E-state index in [2.05, 4.69) is 24.2 Å². The fourth-order valence-electron chi connectivity index (χ4n) is 3.47. The van der Waals surface area contributed by atoms with Gasteiger partial charge in [-0.3, -0.25) is 0 Å². The van der Waals surface area contributed by atoms with Crippen molar-refractivity contribution in [1.29, 1.82) is 0 Å². The zero-order valence-electron chi connectivity index (χ0n) is 19.9. The molecule has 0 aliphatic heterocycles. The van der Waals surface area contributed by atoms with Crippen molar-refractivity contribution in [2.45, 2.75) is 45.4 Å². The minimum Gasteiger partial charge on any atom is -0.492 e. The van der Waals surface area contributed by atoms with E-state index in [1.54, 1.807) is 0 Å². The zero-order chi connectivity index (χ0) is 25.6. The van der Waals surface area contributed by atoms with Crippen LogP contribution in [0.5, 0.6) is 11.5 Å². The van der Waals surface area contributed by atoms with Gasteiger partial charge in [0.2, 0.25) is 0 Å². The quantitative estimate of drug-likeness (QED) is 0.215. The van der Waals surface area contributed by atoms with Gasteiger partial charge in [0, 0.05) is 17.2 Å². The first kappa shape index (κ1) is 28.0. The molecule has 0 aliphatic carbocycles. The van der Waals surface area contributed by atoms with Gasteiger partial charge in [0.25, 0.3) is 0 Å². The molecule has 2 atom stereocenters. The molecular weight excluding hydrogens is 600 g/mol. The second-order valence-electron chi connectivity index (χ2n) is 9.00. The highest BCUT2D eigenvalue weighted by molar-refractivity contribution is 14.1. The summed E-state index contributed by atoms with van der Waals surface area (Å²) in [7, 11) is 0. The van der Waals surface area contributed by atoms with E-state index >= 15 is 0 Å². The summed E-state index contributed by atoms with van der Waals surface area (Å²) in [4.78, 5) is 0. The highest BCUT2D eigenvalue weighted by Crippen LogP contribution is 2.36. The normalized spacial score (nSPS) is 13.5. The number of aliphatic hydroxyl groups is 2. The number of rotatable bonds is 12. The number of halogens is 3. The van der Waals surface area contributed by atoms with E-state index in [1.165, 1.54) is 4.68 Å². The van der Waals surface area contributed by atoms with Crippen LogP contribution in [0.3, 0.4) is 0 Å². The molecule has 0 saturated heterocycles. The summed E-state index contributed by atoms with van der Waals surface area (Å²) >= 11 is 14.3. The van der Waals surface area contributed by atoms with Crippen LogP contribution in [0.1, 0.15) is 37.6 Å². The van der Waals surface area contributed by atoms with Crippen molar-refractivity contribution in [3.63, 3.8) is 0 Å². The number of nitrogens with zero attached hydrogens (tertiary/aromatic N) is 3. The lowest BCUT2D eigenvalue weighted by Crippen LogP contribution is -2.25. The predicted molar refractivity (Wildman–Crippen MR) is 146 cm³/mol. The van der Waals surface area contributed by atoms with Crippen LogP contribution in [0.4, 0.5) is 0 Å². The van der Waals surface area contributed by atoms with Crippen molar-refractivity contribution >= 4 is 45.8 Å². The molecule has 1 heterocycles. The molecule has 7 nitrogen and oxygen atoms in total. The van der Waals surface area contributed by atoms with E-state index in [0.29, 0.717) is 38.4 Å². The van der Waals surface area contributed by atoms with Crippen molar-refractivity contribution < 1.29 is 19.7 Å². The molecule has 0 radical (unpaired) electrons. The minimum absolute atomic E-state index is 0.0868. The van der Waals surface area contributed by atoms with Crippen LogP contribution in [-0.2, 0) is 18.6 Å². The second kappa shape index (κ2) is 12.6. The lowest BCUT2D eigenvalue weighted by atomic mass is 9.78. The minimum atomic E-state index is -0.802. The van der Waals surface area contributed by atoms with Crippen molar-refractivity contribution in [2.75, 3.05) is 19.1 Å². The second-order valence-corrected chi connectivity index (χ2v) is 10.7. The maximum absolute atomic E-state index is 10.3. The molecule has 0 fully saturated rings. The molecule has 0 amide bonds. The van der Waals surface area contributed by atoms with Gasteiger partial charge in [-0.2, -0.15) is 0 Å². The summed E-state index contributed by atoms with van der Waals surface area (Å²) in [5.74, 6) is 2.08. The Morgan fingerprint density at radius 3 is 2.40 bits per heavy atom. The van der Waals surface area contributed by atoms with Crippen LogP contribution < -0.4 is 9.47 Å². The molecule has 10 heteroatoms. The van der Waals surface area contributed by atoms with E-state index in [4.69, 9.17) is 32.7 Å². The molecule has 190 valence electrons. The highest BCUT2D eigenvalue weighted by Gasteiger charge is 2.24. The molecular formula is C25H30Cl2IN3O4. The third-order valence-electron chi connectivity index (χ3n) is 5.78. The van der Waals surface area contributed by atoms with E-state index in [1.807, 2.05) is 72.0 Å². The molecule has 2 N–H and O–H groups in total. The Labute approximate surface area is 229 Å². The Bertz CT molecular complexity index is 1110. The number of benzene rings is 2. The number of hydrogen-bond acceptors (Lipinski definition) is 6. The van der Waals surface area contributed by atoms with Crippen molar-refractivity contribution in [2.24, 2.45) is 5.92 Å². The average Bonchev–Trinajstić information content (AvgIpc) is 3.20. The lowest BCUT2D eigenvalue weighted by molar-refractivity contribution is 0.0866. The number of aromatic nitrogens is 3. The van der Waals surface area contributed by atoms with Crippen LogP contribution in [0.15, 0.2) is 42.5 Å². The standard InChI is InChI=1S/C25H30Cl2IN3O4/c1-16(11-26)14-35-23-9-6-18(10-21(23)27)25(2,3)17-4-7-20(8-5-17)34-15-19(33)12-31-22(13-32)24(28)29-30-31/h4-10,16,19,32-33H,11-15H2,1-3H3/t16-,19-/m1/s1/i28-4. The van der Waals surface area contributed by atoms with Crippen molar-refractivity contribution in [3.8, 4) is 11.5 Å². The third kappa shape index (κ3) is 7.22. The average molecular weight is 630 g/mol. The summed E-state index contributed by atoms with van der Waals surface area (Å²) in [5, 5.41) is 28.2. The summed E-state index contributed by atoms with van der Waals surface area (Å²) < 4.78 is 13.7.